The van der Waals surface area contributed by atoms with Crippen LogP contribution in [0.4, 0.5) is 4.39 Å². The molecule has 0 aromatic heterocycles. The molecule has 1 aromatic carbocycles. The summed E-state index contributed by atoms with van der Waals surface area (Å²) in [5.41, 5.74) is 5.81. The highest BCUT2D eigenvalue weighted by molar-refractivity contribution is 5.94. The third kappa shape index (κ3) is 5.18. The van der Waals surface area contributed by atoms with E-state index in [9.17, 15) is 9.18 Å². The van der Waals surface area contributed by atoms with Crippen molar-refractivity contribution in [1.29, 1.82) is 0 Å². The maximum Gasteiger partial charge on any atom is 0.254 e. The molecule has 0 bridgehead atoms. The zero-order valence-electron chi connectivity index (χ0n) is 12.5. The van der Waals surface area contributed by atoms with Crippen LogP contribution < -0.4 is 5.73 Å². The van der Waals surface area contributed by atoms with Crippen molar-refractivity contribution in [1.82, 2.24) is 4.90 Å². The van der Waals surface area contributed by atoms with Crippen molar-refractivity contribution in [3.05, 3.63) is 35.1 Å². The summed E-state index contributed by atoms with van der Waals surface area (Å²) in [5.74, 6) is 4.49. The van der Waals surface area contributed by atoms with Gasteiger partial charge >= 0.3 is 0 Å². The second-order valence-corrected chi connectivity index (χ2v) is 4.28. The molecule has 0 radical (unpaired) electrons. The summed E-state index contributed by atoms with van der Waals surface area (Å²) in [4.78, 5) is 13.9. The van der Waals surface area contributed by atoms with Gasteiger partial charge in [0.2, 0.25) is 0 Å². The molecule has 0 unspecified atom stereocenters. The fourth-order valence-corrected chi connectivity index (χ4v) is 1.80. The summed E-state index contributed by atoms with van der Waals surface area (Å²) in [7, 11) is 0. The van der Waals surface area contributed by atoms with Gasteiger partial charge in [0.1, 0.15) is 5.82 Å². The van der Waals surface area contributed by atoms with E-state index in [-0.39, 0.29) is 18.0 Å². The van der Waals surface area contributed by atoms with E-state index in [0.29, 0.717) is 31.9 Å². The van der Waals surface area contributed by atoms with Gasteiger partial charge in [-0.2, -0.15) is 0 Å². The van der Waals surface area contributed by atoms with E-state index >= 15 is 0 Å². The Hall–Kier alpha value is -1.90. The van der Waals surface area contributed by atoms with Gasteiger partial charge in [0, 0.05) is 25.3 Å². The quantitative estimate of drug-likeness (QED) is 0.640. The summed E-state index contributed by atoms with van der Waals surface area (Å²) in [6, 6.07) is 4.29. The van der Waals surface area contributed by atoms with E-state index in [0.717, 1.165) is 0 Å². The first-order chi connectivity index (χ1) is 10.1. The Kier molecular flexibility index (Phi) is 7.44. The lowest BCUT2D eigenvalue weighted by molar-refractivity contribution is 0.0669. The summed E-state index contributed by atoms with van der Waals surface area (Å²) in [6.07, 6.45) is 0. The van der Waals surface area contributed by atoms with Gasteiger partial charge in [0.15, 0.2) is 0 Å². The van der Waals surface area contributed by atoms with Crippen molar-refractivity contribution in [3.8, 4) is 11.8 Å². The molecule has 2 N–H and O–H groups in total. The highest BCUT2D eigenvalue weighted by Gasteiger charge is 2.15. The monoisotopic (exact) mass is 292 g/mol. The highest BCUT2D eigenvalue weighted by atomic mass is 19.1. The van der Waals surface area contributed by atoms with Crippen LogP contribution in [-0.2, 0) is 4.74 Å². The zero-order valence-corrected chi connectivity index (χ0v) is 12.5. The van der Waals surface area contributed by atoms with Crippen molar-refractivity contribution in [3.63, 3.8) is 0 Å². The second kappa shape index (κ2) is 9.11. The average Bonchev–Trinajstić information content (AvgIpc) is 2.50. The number of nitrogens with zero attached hydrogens (tertiary/aromatic N) is 1. The lowest BCUT2D eigenvalue weighted by atomic mass is 10.1. The minimum Gasteiger partial charge on any atom is -0.380 e. The summed E-state index contributed by atoms with van der Waals surface area (Å²) >= 11 is 0. The van der Waals surface area contributed by atoms with Crippen molar-refractivity contribution in [2.45, 2.75) is 13.8 Å². The minimum atomic E-state index is -0.511. The SMILES string of the molecule is CCOCCN(CC)C(=O)c1ccc(C#CCN)c(F)c1. The number of carbonyl (C=O) groups excluding carboxylic acids is 1. The predicted octanol–water partition coefficient (Wildman–Crippen LogP) is 1.63. The number of hydrogen-bond donors (Lipinski definition) is 1. The van der Waals surface area contributed by atoms with Gasteiger partial charge < -0.3 is 15.4 Å². The topological polar surface area (TPSA) is 55.6 Å². The summed E-state index contributed by atoms with van der Waals surface area (Å²) in [6.45, 7) is 6.05. The number of amides is 1. The Balaban J connectivity index is 2.83. The molecule has 0 atom stereocenters. The molecule has 0 spiro atoms. The number of nitrogens with two attached hydrogens (primary N) is 1. The molecule has 0 fully saturated rings. The Morgan fingerprint density at radius 1 is 1.43 bits per heavy atom. The lowest BCUT2D eigenvalue weighted by Crippen LogP contribution is -2.34. The molecular weight excluding hydrogens is 271 g/mol. The van der Waals surface area contributed by atoms with Gasteiger partial charge in [-0.1, -0.05) is 11.8 Å². The van der Waals surface area contributed by atoms with Crippen LogP contribution in [0.3, 0.4) is 0 Å². The number of ether oxygens (including phenoxy) is 1. The van der Waals surface area contributed by atoms with E-state index in [2.05, 4.69) is 11.8 Å². The molecule has 0 aliphatic heterocycles. The number of rotatable bonds is 6. The molecule has 5 heteroatoms. The Morgan fingerprint density at radius 3 is 2.76 bits per heavy atom. The number of carbonyl (C=O) groups is 1. The number of likely N-dealkylation sites (N-methyl/N-ethyl adjacent to an activating group) is 1. The van der Waals surface area contributed by atoms with Gasteiger partial charge in [-0.3, -0.25) is 4.79 Å². The lowest BCUT2D eigenvalue weighted by Gasteiger charge is -2.20. The van der Waals surface area contributed by atoms with Crippen LogP contribution in [0, 0.1) is 17.7 Å². The predicted molar refractivity (Wildman–Crippen MR) is 80.4 cm³/mol. The standard InChI is InChI=1S/C16H21FN2O2/c1-3-19(10-11-21-4-2)16(20)14-8-7-13(6-5-9-18)15(17)12-14/h7-8,12H,3-4,9-11,18H2,1-2H3. The molecular formula is C16H21FN2O2. The summed E-state index contributed by atoms with van der Waals surface area (Å²) in [5, 5.41) is 0. The summed E-state index contributed by atoms with van der Waals surface area (Å²) < 4.78 is 19.1. The Bertz CT molecular complexity index is 535. The van der Waals surface area contributed by atoms with E-state index in [1.165, 1.54) is 12.1 Å². The molecule has 1 rings (SSSR count). The van der Waals surface area contributed by atoms with Crippen LogP contribution in [0.5, 0.6) is 0 Å². The molecule has 0 aliphatic rings. The molecule has 0 aliphatic carbocycles. The fourth-order valence-electron chi connectivity index (χ4n) is 1.80. The molecule has 0 saturated heterocycles. The number of benzene rings is 1. The fraction of sp³-hybridized carbons (Fsp3) is 0.438. The van der Waals surface area contributed by atoms with Gasteiger partial charge in [0.05, 0.1) is 18.7 Å². The first kappa shape index (κ1) is 17.2. The Morgan fingerprint density at radius 2 is 2.19 bits per heavy atom. The van der Waals surface area contributed by atoms with Crippen LogP contribution in [-0.4, -0.2) is 43.7 Å². The van der Waals surface area contributed by atoms with E-state index in [1.54, 1.807) is 11.0 Å². The molecule has 0 heterocycles. The molecule has 1 aromatic rings. The van der Waals surface area contributed by atoms with E-state index < -0.39 is 5.82 Å². The molecule has 4 nitrogen and oxygen atoms in total. The molecule has 0 saturated carbocycles. The number of hydrogen-bond acceptors (Lipinski definition) is 3. The first-order valence-electron chi connectivity index (χ1n) is 6.99. The third-order valence-electron chi connectivity index (χ3n) is 2.92. The molecule has 114 valence electrons. The van der Waals surface area contributed by atoms with Gasteiger partial charge in [-0.15, -0.1) is 0 Å². The maximum absolute atomic E-state index is 13.9. The largest absolute Gasteiger partial charge is 0.380 e. The second-order valence-electron chi connectivity index (χ2n) is 4.28. The normalized spacial score (nSPS) is 9.90. The highest BCUT2D eigenvalue weighted by Crippen LogP contribution is 2.12. The van der Waals surface area contributed by atoms with Crippen LogP contribution in [0.2, 0.25) is 0 Å². The minimum absolute atomic E-state index is 0.168. The zero-order chi connectivity index (χ0) is 15.7. The van der Waals surface area contributed by atoms with Crippen molar-refractivity contribution < 1.29 is 13.9 Å². The van der Waals surface area contributed by atoms with E-state index in [1.807, 2.05) is 13.8 Å². The maximum atomic E-state index is 13.9. The van der Waals surface area contributed by atoms with Crippen LogP contribution >= 0.6 is 0 Å². The van der Waals surface area contributed by atoms with E-state index in [4.69, 9.17) is 10.5 Å². The third-order valence-corrected chi connectivity index (χ3v) is 2.92. The smallest absolute Gasteiger partial charge is 0.254 e. The van der Waals surface area contributed by atoms with Crippen LogP contribution in [0.1, 0.15) is 29.8 Å². The van der Waals surface area contributed by atoms with Gasteiger partial charge in [-0.25, -0.2) is 4.39 Å². The van der Waals surface area contributed by atoms with Gasteiger partial charge in [0.25, 0.3) is 5.91 Å². The number of halogens is 1. The molecule has 1 amide bonds. The molecule has 21 heavy (non-hydrogen) atoms. The van der Waals surface area contributed by atoms with Crippen molar-refractivity contribution in [2.24, 2.45) is 5.73 Å². The van der Waals surface area contributed by atoms with Crippen LogP contribution in [0.25, 0.3) is 0 Å². The average molecular weight is 292 g/mol. The first-order valence-corrected chi connectivity index (χ1v) is 6.99. The van der Waals surface area contributed by atoms with Crippen LogP contribution in [0.15, 0.2) is 18.2 Å². The Labute approximate surface area is 125 Å². The van der Waals surface area contributed by atoms with Crippen molar-refractivity contribution in [2.75, 3.05) is 32.8 Å². The van der Waals surface area contributed by atoms with Gasteiger partial charge in [-0.05, 0) is 32.0 Å². The van der Waals surface area contributed by atoms with Crippen molar-refractivity contribution >= 4 is 5.91 Å².